The fourth-order valence-corrected chi connectivity index (χ4v) is 3.81. The van der Waals surface area contributed by atoms with E-state index in [1.807, 2.05) is 4.90 Å². The van der Waals surface area contributed by atoms with Crippen LogP contribution in [0.2, 0.25) is 5.02 Å². The average Bonchev–Trinajstić information content (AvgIpc) is 2.73. The first kappa shape index (κ1) is 19.6. The van der Waals surface area contributed by atoms with E-state index in [-0.39, 0.29) is 12.5 Å². The summed E-state index contributed by atoms with van der Waals surface area (Å²) in [6.07, 6.45) is 4.62. The lowest BCUT2D eigenvalue weighted by Gasteiger charge is -2.27. The number of halogens is 3. The van der Waals surface area contributed by atoms with Gasteiger partial charge in [-0.1, -0.05) is 17.7 Å². The van der Waals surface area contributed by atoms with Crippen LogP contribution in [-0.4, -0.2) is 28.9 Å². The average molecular weight is 416 g/mol. The van der Waals surface area contributed by atoms with E-state index in [0.29, 0.717) is 45.8 Å². The summed E-state index contributed by atoms with van der Waals surface area (Å²) < 4.78 is 27.3. The van der Waals surface area contributed by atoms with Gasteiger partial charge in [-0.25, -0.2) is 8.78 Å². The molecule has 1 fully saturated rings. The maximum Gasteiger partial charge on any atom is 0.257 e. The number of amides is 1. The van der Waals surface area contributed by atoms with Crippen molar-refractivity contribution in [1.29, 1.82) is 0 Å². The van der Waals surface area contributed by atoms with Crippen LogP contribution < -0.4 is 5.32 Å². The molecule has 2 aromatic carbocycles. The zero-order chi connectivity index (χ0) is 20.4. The Hall–Kier alpha value is -2.73. The van der Waals surface area contributed by atoms with E-state index in [4.69, 9.17) is 11.6 Å². The van der Waals surface area contributed by atoms with E-state index in [9.17, 15) is 13.6 Å². The van der Waals surface area contributed by atoms with Gasteiger partial charge in [-0.15, -0.1) is 0 Å². The van der Waals surface area contributed by atoms with Crippen molar-refractivity contribution in [2.45, 2.75) is 25.8 Å². The monoisotopic (exact) mass is 415 g/mol. The van der Waals surface area contributed by atoms with E-state index < -0.39 is 11.6 Å². The molecule has 1 N–H and O–H groups in total. The van der Waals surface area contributed by atoms with Gasteiger partial charge in [0.05, 0.1) is 16.8 Å². The highest BCUT2D eigenvalue weighted by Gasteiger charge is 2.23. The summed E-state index contributed by atoms with van der Waals surface area (Å²) in [6.45, 7) is 1.51. The SMILES string of the molecule is O=C(c1cnc2ccc(Cl)cc2c1NCc1ccc(F)cc1F)N1CCCCC1. The zero-order valence-corrected chi connectivity index (χ0v) is 16.5. The maximum atomic E-state index is 14.1. The largest absolute Gasteiger partial charge is 0.380 e. The number of aromatic nitrogens is 1. The molecule has 1 aliphatic heterocycles. The Labute approximate surface area is 172 Å². The fourth-order valence-electron chi connectivity index (χ4n) is 3.63. The zero-order valence-electron chi connectivity index (χ0n) is 15.7. The first-order chi connectivity index (χ1) is 14.0. The van der Waals surface area contributed by atoms with Crippen LogP contribution in [0.3, 0.4) is 0 Å². The van der Waals surface area contributed by atoms with Crippen LogP contribution in [0.1, 0.15) is 35.2 Å². The van der Waals surface area contributed by atoms with Gasteiger partial charge >= 0.3 is 0 Å². The highest BCUT2D eigenvalue weighted by atomic mass is 35.5. The summed E-state index contributed by atoms with van der Waals surface area (Å²) in [5.74, 6) is -1.38. The number of fused-ring (bicyclic) bond motifs is 1. The Bertz CT molecular complexity index is 1070. The second kappa shape index (κ2) is 8.33. The van der Waals surface area contributed by atoms with Crippen molar-refractivity contribution in [2.75, 3.05) is 18.4 Å². The number of carbonyl (C=O) groups excluding carboxylic acids is 1. The molecule has 0 atom stereocenters. The highest BCUT2D eigenvalue weighted by molar-refractivity contribution is 6.31. The number of nitrogens with zero attached hydrogens (tertiary/aromatic N) is 2. The topological polar surface area (TPSA) is 45.2 Å². The lowest BCUT2D eigenvalue weighted by molar-refractivity contribution is 0.0725. The van der Waals surface area contributed by atoms with E-state index in [0.717, 1.165) is 25.3 Å². The summed E-state index contributed by atoms with van der Waals surface area (Å²) in [6, 6.07) is 8.68. The lowest BCUT2D eigenvalue weighted by atomic mass is 10.1. The molecular formula is C22H20ClF2N3O. The molecule has 150 valence electrons. The number of nitrogens with one attached hydrogen (secondary N) is 1. The number of pyridine rings is 1. The molecule has 0 saturated carbocycles. The van der Waals surface area contributed by atoms with Gasteiger partial charge in [-0.3, -0.25) is 9.78 Å². The Kier molecular flexibility index (Phi) is 5.62. The number of likely N-dealkylation sites (tertiary alicyclic amines) is 1. The van der Waals surface area contributed by atoms with Gasteiger partial charge in [0.25, 0.3) is 5.91 Å². The van der Waals surface area contributed by atoms with Gasteiger partial charge in [0.15, 0.2) is 0 Å². The first-order valence-electron chi connectivity index (χ1n) is 9.58. The third kappa shape index (κ3) is 4.17. The number of rotatable bonds is 4. The molecule has 0 unspecified atom stereocenters. The molecule has 0 bridgehead atoms. The Morgan fingerprint density at radius 1 is 1.10 bits per heavy atom. The van der Waals surface area contributed by atoms with Crippen LogP contribution in [0.25, 0.3) is 10.9 Å². The molecule has 4 nitrogen and oxygen atoms in total. The molecule has 0 aliphatic carbocycles. The third-order valence-corrected chi connectivity index (χ3v) is 5.41. The molecule has 3 aromatic rings. The normalized spacial score (nSPS) is 14.2. The summed E-state index contributed by atoms with van der Waals surface area (Å²) in [7, 11) is 0. The van der Waals surface area contributed by atoms with Gasteiger partial charge in [-0.05, 0) is 43.5 Å². The maximum absolute atomic E-state index is 14.1. The van der Waals surface area contributed by atoms with Crippen molar-refractivity contribution in [1.82, 2.24) is 9.88 Å². The summed E-state index contributed by atoms with van der Waals surface area (Å²) in [5, 5.41) is 4.37. The van der Waals surface area contributed by atoms with E-state index in [1.165, 1.54) is 12.1 Å². The van der Waals surface area contributed by atoms with Crippen LogP contribution >= 0.6 is 11.6 Å². The van der Waals surface area contributed by atoms with E-state index in [2.05, 4.69) is 10.3 Å². The van der Waals surface area contributed by atoms with Crippen LogP contribution in [0.4, 0.5) is 14.5 Å². The molecule has 1 amide bonds. The summed E-state index contributed by atoms with van der Waals surface area (Å²) >= 11 is 6.18. The van der Waals surface area contributed by atoms with Gasteiger partial charge < -0.3 is 10.2 Å². The molecule has 1 saturated heterocycles. The second-order valence-electron chi connectivity index (χ2n) is 7.15. The number of hydrogen-bond acceptors (Lipinski definition) is 3. The van der Waals surface area contributed by atoms with E-state index in [1.54, 1.807) is 24.4 Å². The molecule has 0 spiro atoms. The number of carbonyl (C=O) groups is 1. The van der Waals surface area contributed by atoms with Crippen LogP contribution in [-0.2, 0) is 6.54 Å². The predicted octanol–water partition coefficient (Wildman–Crippen LogP) is 5.40. The quantitative estimate of drug-likeness (QED) is 0.620. The standard InChI is InChI=1S/C22H20ClF2N3O/c23-15-5-7-20-17(10-15)21(27-12-14-4-6-16(24)11-19(14)25)18(13-26-20)22(29)28-8-2-1-3-9-28/h4-7,10-11,13H,1-3,8-9,12H2,(H,26,27). The van der Waals surface area contributed by atoms with Crippen molar-refractivity contribution < 1.29 is 13.6 Å². The molecule has 7 heteroatoms. The van der Waals surface area contributed by atoms with Gasteiger partial charge in [-0.2, -0.15) is 0 Å². The number of anilines is 1. The Morgan fingerprint density at radius 3 is 2.66 bits per heavy atom. The Balaban J connectivity index is 1.73. The molecule has 1 aliphatic rings. The Morgan fingerprint density at radius 2 is 1.90 bits per heavy atom. The van der Waals surface area contributed by atoms with Gasteiger partial charge in [0.2, 0.25) is 0 Å². The summed E-state index contributed by atoms with van der Waals surface area (Å²) in [4.78, 5) is 19.4. The lowest BCUT2D eigenvalue weighted by Crippen LogP contribution is -2.36. The number of hydrogen-bond donors (Lipinski definition) is 1. The minimum Gasteiger partial charge on any atom is -0.380 e. The molecular weight excluding hydrogens is 396 g/mol. The number of piperidine rings is 1. The van der Waals surface area contributed by atoms with Crippen molar-refractivity contribution >= 4 is 34.1 Å². The van der Waals surface area contributed by atoms with Crippen molar-refractivity contribution in [3.05, 3.63) is 70.4 Å². The summed E-state index contributed by atoms with van der Waals surface area (Å²) in [5.41, 5.74) is 1.95. The van der Waals surface area contributed by atoms with Crippen LogP contribution in [0.15, 0.2) is 42.6 Å². The second-order valence-corrected chi connectivity index (χ2v) is 7.59. The molecule has 1 aromatic heterocycles. The predicted molar refractivity (Wildman–Crippen MR) is 110 cm³/mol. The van der Waals surface area contributed by atoms with Crippen molar-refractivity contribution in [2.24, 2.45) is 0 Å². The molecule has 4 rings (SSSR count). The van der Waals surface area contributed by atoms with Gasteiger partial charge in [0, 0.05) is 47.9 Å². The molecule has 0 radical (unpaired) electrons. The minimum atomic E-state index is -0.641. The minimum absolute atomic E-state index is 0.0953. The van der Waals surface area contributed by atoms with Crippen molar-refractivity contribution in [3.8, 4) is 0 Å². The smallest absolute Gasteiger partial charge is 0.257 e. The van der Waals surface area contributed by atoms with E-state index >= 15 is 0 Å². The van der Waals surface area contributed by atoms with Crippen LogP contribution in [0.5, 0.6) is 0 Å². The highest BCUT2D eigenvalue weighted by Crippen LogP contribution is 2.30. The third-order valence-electron chi connectivity index (χ3n) is 5.17. The first-order valence-corrected chi connectivity index (χ1v) is 9.96. The van der Waals surface area contributed by atoms with Crippen LogP contribution in [0, 0.1) is 11.6 Å². The fraction of sp³-hybridized carbons (Fsp3) is 0.273. The molecule has 2 heterocycles. The van der Waals surface area contributed by atoms with Gasteiger partial charge in [0.1, 0.15) is 11.6 Å². The number of benzene rings is 2. The molecule has 29 heavy (non-hydrogen) atoms. The van der Waals surface area contributed by atoms with Crippen molar-refractivity contribution in [3.63, 3.8) is 0 Å².